The second kappa shape index (κ2) is 16.0. The van der Waals surface area contributed by atoms with Crippen molar-refractivity contribution in [3.8, 4) is 17.2 Å². The highest BCUT2D eigenvalue weighted by Gasteiger charge is 2.54. The number of pyridine rings is 1. The molecular formula is C43H53ClF3N3O5. The quantitative estimate of drug-likeness (QED) is 0.177. The summed E-state index contributed by atoms with van der Waals surface area (Å²) in [6.07, 6.45) is 3.75. The molecule has 0 amide bonds. The Morgan fingerprint density at radius 3 is 2.71 bits per heavy atom. The van der Waals surface area contributed by atoms with E-state index in [4.69, 9.17) is 25.8 Å². The van der Waals surface area contributed by atoms with Crippen LogP contribution in [0, 0.1) is 11.8 Å². The van der Waals surface area contributed by atoms with E-state index in [1.54, 1.807) is 19.2 Å². The van der Waals surface area contributed by atoms with Gasteiger partial charge in [-0.2, -0.15) is 13.2 Å². The Morgan fingerprint density at radius 2 is 1.96 bits per heavy atom. The Labute approximate surface area is 327 Å². The van der Waals surface area contributed by atoms with E-state index in [9.17, 15) is 23.1 Å². The predicted molar refractivity (Wildman–Crippen MR) is 207 cm³/mol. The minimum atomic E-state index is -4.17. The molecule has 1 aliphatic heterocycles. The average molecular weight is 784 g/mol. The van der Waals surface area contributed by atoms with Gasteiger partial charge in [0, 0.05) is 41.1 Å². The summed E-state index contributed by atoms with van der Waals surface area (Å²) < 4.78 is 57.6. The van der Waals surface area contributed by atoms with Crippen LogP contribution in [0.15, 0.2) is 48.7 Å². The van der Waals surface area contributed by atoms with Gasteiger partial charge in [-0.3, -0.25) is 4.98 Å². The van der Waals surface area contributed by atoms with Crippen LogP contribution in [0.1, 0.15) is 99.9 Å². The number of carboxylic acids is 1. The predicted octanol–water partition coefficient (Wildman–Crippen LogP) is 9.61. The number of nitrogens with zero attached hydrogens (tertiary/aromatic N) is 2. The van der Waals surface area contributed by atoms with Crippen LogP contribution in [0.4, 0.5) is 18.9 Å². The number of carbonyl (C=O) groups is 1. The first kappa shape index (κ1) is 39.5. The number of aryl methyl sites for hydroxylation is 1. The zero-order valence-electron chi connectivity index (χ0n) is 32.0. The molecule has 4 aliphatic rings. The van der Waals surface area contributed by atoms with E-state index in [0.717, 1.165) is 43.5 Å². The van der Waals surface area contributed by atoms with Crippen molar-refractivity contribution in [2.24, 2.45) is 11.8 Å². The lowest BCUT2D eigenvalue weighted by Gasteiger charge is -2.47. The molecule has 55 heavy (non-hydrogen) atoms. The number of nitrogens with one attached hydrogen (secondary N) is 1. The van der Waals surface area contributed by atoms with Crippen LogP contribution in [-0.4, -0.2) is 72.1 Å². The summed E-state index contributed by atoms with van der Waals surface area (Å²) in [5, 5.41) is 14.6. The van der Waals surface area contributed by atoms with E-state index in [1.165, 1.54) is 16.7 Å². The highest BCUT2D eigenvalue weighted by molar-refractivity contribution is 6.30. The lowest BCUT2D eigenvalue weighted by atomic mass is 9.59. The second-order valence-corrected chi connectivity index (χ2v) is 17.1. The van der Waals surface area contributed by atoms with Crippen molar-refractivity contribution >= 4 is 23.3 Å². The Kier molecular flexibility index (Phi) is 11.5. The molecule has 2 N–H and O–H groups in total. The Bertz CT molecular complexity index is 1850. The van der Waals surface area contributed by atoms with Gasteiger partial charge in [-0.1, -0.05) is 31.5 Å². The molecule has 0 radical (unpaired) electrons. The Morgan fingerprint density at radius 1 is 1.16 bits per heavy atom. The SMILES string of the molecule is C[C@@H](COc1ccnc2c1[C@H](C)CCC2)CC1Cc2cc3c(cc2C12CCC(Nc1cccc(Cl)c1)(C(=O)O)CC2)OC(CN(C)CCCC(F)(F)F)CO3. The summed E-state index contributed by atoms with van der Waals surface area (Å²) in [5.41, 5.74) is 4.02. The van der Waals surface area contributed by atoms with E-state index >= 15 is 0 Å². The van der Waals surface area contributed by atoms with Crippen molar-refractivity contribution < 1.29 is 37.3 Å². The summed E-state index contributed by atoms with van der Waals surface area (Å²) >= 11 is 6.28. The number of hydrogen-bond acceptors (Lipinski definition) is 7. The summed E-state index contributed by atoms with van der Waals surface area (Å²) in [6, 6.07) is 13.4. The number of aromatic nitrogens is 1. The van der Waals surface area contributed by atoms with Crippen LogP contribution in [0.2, 0.25) is 5.02 Å². The molecule has 1 saturated carbocycles. The van der Waals surface area contributed by atoms with E-state index < -0.39 is 24.1 Å². The molecule has 4 atom stereocenters. The highest BCUT2D eigenvalue weighted by atomic mass is 35.5. The van der Waals surface area contributed by atoms with Crippen LogP contribution in [0.25, 0.3) is 0 Å². The van der Waals surface area contributed by atoms with Gasteiger partial charge in [-0.25, -0.2) is 4.79 Å². The number of aliphatic carboxylic acids is 1. The summed E-state index contributed by atoms with van der Waals surface area (Å²) in [6.45, 7) is 6.12. The zero-order chi connectivity index (χ0) is 39.0. The molecular weight excluding hydrogens is 731 g/mol. The maximum absolute atomic E-state index is 13.0. The van der Waals surface area contributed by atoms with Crippen molar-refractivity contribution in [3.63, 3.8) is 0 Å². The minimum Gasteiger partial charge on any atom is -0.493 e. The number of rotatable bonds is 13. The fourth-order valence-electron chi connectivity index (χ4n) is 9.79. The molecule has 1 aromatic heterocycles. The van der Waals surface area contributed by atoms with Gasteiger partial charge in [0.05, 0.1) is 6.61 Å². The van der Waals surface area contributed by atoms with Gasteiger partial charge in [0.2, 0.25) is 0 Å². The second-order valence-electron chi connectivity index (χ2n) is 16.7. The van der Waals surface area contributed by atoms with E-state index in [0.29, 0.717) is 80.1 Å². The largest absolute Gasteiger partial charge is 0.493 e. The van der Waals surface area contributed by atoms with Crippen LogP contribution in [0.5, 0.6) is 17.2 Å². The summed E-state index contributed by atoms with van der Waals surface area (Å²) in [5.74, 6) is 2.26. The first-order chi connectivity index (χ1) is 26.2. The number of anilines is 1. The van der Waals surface area contributed by atoms with Gasteiger partial charge >= 0.3 is 12.1 Å². The first-order valence-electron chi connectivity index (χ1n) is 19.8. The average Bonchev–Trinajstić information content (AvgIpc) is 3.40. The van der Waals surface area contributed by atoms with Crippen LogP contribution in [-0.2, 0) is 23.1 Å². The number of fused-ring (bicyclic) bond motifs is 4. The van der Waals surface area contributed by atoms with Crippen molar-refractivity contribution in [2.75, 3.05) is 38.7 Å². The first-order valence-corrected chi connectivity index (χ1v) is 20.2. The highest BCUT2D eigenvalue weighted by Crippen LogP contribution is 2.58. The molecule has 12 heteroatoms. The van der Waals surface area contributed by atoms with Crippen LogP contribution < -0.4 is 19.5 Å². The number of alkyl halides is 3. The van der Waals surface area contributed by atoms with Gasteiger partial charge in [-0.05, 0) is 148 Å². The molecule has 0 saturated heterocycles. The smallest absolute Gasteiger partial charge is 0.389 e. The summed E-state index contributed by atoms with van der Waals surface area (Å²) in [7, 11) is 1.81. The van der Waals surface area contributed by atoms with Gasteiger partial charge in [0.15, 0.2) is 11.5 Å². The van der Waals surface area contributed by atoms with E-state index in [-0.39, 0.29) is 29.8 Å². The lowest BCUT2D eigenvalue weighted by Crippen LogP contribution is -2.53. The summed E-state index contributed by atoms with van der Waals surface area (Å²) in [4.78, 5) is 19.6. The third-order valence-corrected chi connectivity index (χ3v) is 12.8. The third kappa shape index (κ3) is 8.68. The van der Waals surface area contributed by atoms with Crippen molar-refractivity contribution in [2.45, 2.75) is 114 Å². The normalized spacial score (nSPS) is 26.4. The molecule has 8 nitrogen and oxygen atoms in total. The fraction of sp³-hybridized carbons (Fsp3) is 0.581. The Balaban J connectivity index is 1.11. The van der Waals surface area contributed by atoms with Gasteiger partial charge in [0.1, 0.15) is 24.0 Å². The number of hydrogen-bond donors (Lipinski definition) is 2. The van der Waals surface area contributed by atoms with Crippen molar-refractivity contribution in [1.29, 1.82) is 0 Å². The van der Waals surface area contributed by atoms with Crippen molar-refractivity contribution in [3.05, 3.63) is 76.1 Å². The van der Waals surface area contributed by atoms with Crippen molar-refractivity contribution in [1.82, 2.24) is 9.88 Å². The van der Waals surface area contributed by atoms with Crippen LogP contribution >= 0.6 is 11.6 Å². The molecule has 1 spiro atoms. The van der Waals surface area contributed by atoms with Gasteiger partial charge in [-0.15, -0.1) is 0 Å². The minimum absolute atomic E-state index is 0.0267. The molecule has 3 aliphatic carbocycles. The molecule has 0 bridgehead atoms. The monoisotopic (exact) mass is 783 g/mol. The molecule has 2 aromatic carbocycles. The fourth-order valence-corrected chi connectivity index (χ4v) is 9.98. The molecule has 7 rings (SSSR count). The topological polar surface area (TPSA) is 93.2 Å². The molecule has 2 heterocycles. The number of ether oxygens (including phenoxy) is 3. The van der Waals surface area contributed by atoms with Crippen LogP contribution in [0.3, 0.4) is 0 Å². The molecule has 3 aromatic rings. The maximum Gasteiger partial charge on any atom is 0.389 e. The maximum atomic E-state index is 13.0. The Hall–Kier alpha value is -3.70. The van der Waals surface area contributed by atoms with E-state index in [2.05, 4.69) is 36.3 Å². The third-order valence-electron chi connectivity index (χ3n) is 12.6. The number of halogens is 4. The molecule has 2 unspecified atom stereocenters. The zero-order valence-corrected chi connectivity index (χ0v) is 32.8. The number of carboxylic acid groups (broad SMARTS) is 1. The lowest BCUT2D eigenvalue weighted by molar-refractivity contribution is -0.144. The van der Waals surface area contributed by atoms with E-state index in [1.807, 2.05) is 29.3 Å². The number of benzene rings is 2. The van der Waals surface area contributed by atoms with Gasteiger partial charge < -0.3 is 29.5 Å². The standard InChI is InChI=1S/C43H53ClF3N3O5/c1-27(25-53-36-11-17-48-35-10-4-7-28(2)39(35)36)19-30-20-29-21-37-38(55-33(26-54-37)24-50(3)18-6-12-43(45,46)47)23-34(29)41(30)13-15-42(16-14-41,40(51)52)49-32-9-5-8-31(44)22-32/h5,8-9,11,17,21-23,27-28,30,33,49H,4,6-7,10,12-16,18-20,24-26H2,1-3H3,(H,51,52)/t27-,28-,30?,33?,41?,42?/m1/s1. The molecule has 298 valence electrons. The molecule has 1 fully saturated rings. The number of likely N-dealkylation sites (N-methyl/N-ethyl adjacent to an activating group) is 1. The van der Waals surface area contributed by atoms with Gasteiger partial charge in [0.25, 0.3) is 0 Å².